The van der Waals surface area contributed by atoms with Crippen molar-refractivity contribution in [3.8, 4) is 5.75 Å². The van der Waals surface area contributed by atoms with E-state index in [9.17, 15) is 4.79 Å². The highest BCUT2D eigenvalue weighted by Gasteiger charge is 2.14. The minimum Gasteiger partial charge on any atom is -0.497 e. The van der Waals surface area contributed by atoms with Crippen molar-refractivity contribution in [3.05, 3.63) is 48.2 Å². The van der Waals surface area contributed by atoms with Crippen LogP contribution in [-0.4, -0.2) is 24.0 Å². The first kappa shape index (κ1) is 16.3. The van der Waals surface area contributed by atoms with Gasteiger partial charge in [0.2, 0.25) is 5.91 Å². The van der Waals surface area contributed by atoms with Gasteiger partial charge < -0.3 is 15.4 Å². The number of hydrogen-bond acceptors (Lipinski definition) is 4. The van der Waals surface area contributed by atoms with E-state index in [1.807, 2.05) is 36.4 Å². The number of anilines is 2. The Bertz CT molecular complexity index is 662. The van der Waals surface area contributed by atoms with Crippen LogP contribution in [0.15, 0.2) is 42.6 Å². The summed E-state index contributed by atoms with van der Waals surface area (Å²) in [7, 11) is 1.62. The molecular weight excluding hydrogens is 302 g/mol. The molecule has 0 bridgehead atoms. The van der Waals surface area contributed by atoms with Gasteiger partial charge in [0.1, 0.15) is 11.6 Å². The molecule has 0 saturated heterocycles. The second-order valence-corrected chi connectivity index (χ2v) is 6.13. The molecule has 1 heterocycles. The van der Waals surface area contributed by atoms with Crippen molar-refractivity contribution in [1.82, 2.24) is 4.98 Å². The van der Waals surface area contributed by atoms with Crippen LogP contribution in [0.3, 0.4) is 0 Å². The van der Waals surface area contributed by atoms with Crippen molar-refractivity contribution in [1.29, 1.82) is 0 Å². The van der Waals surface area contributed by atoms with Crippen LogP contribution in [0.2, 0.25) is 0 Å². The van der Waals surface area contributed by atoms with E-state index in [0.29, 0.717) is 18.3 Å². The molecule has 0 radical (unpaired) electrons. The molecule has 1 aliphatic rings. The van der Waals surface area contributed by atoms with Crippen molar-refractivity contribution < 1.29 is 9.53 Å². The molecule has 1 amide bonds. The molecule has 5 nitrogen and oxygen atoms in total. The number of pyridine rings is 1. The van der Waals surface area contributed by atoms with E-state index < -0.39 is 0 Å². The first-order chi connectivity index (χ1) is 11.7. The molecule has 5 heteroatoms. The molecule has 1 saturated carbocycles. The summed E-state index contributed by atoms with van der Waals surface area (Å²) in [4.78, 5) is 16.4. The normalized spacial score (nSPS) is 14.4. The van der Waals surface area contributed by atoms with Crippen molar-refractivity contribution in [2.75, 3.05) is 17.7 Å². The zero-order valence-corrected chi connectivity index (χ0v) is 13.9. The fraction of sp³-hybridized carbons (Fsp3) is 0.368. The third-order valence-corrected chi connectivity index (χ3v) is 4.28. The number of carbonyl (C=O) groups is 1. The van der Waals surface area contributed by atoms with Gasteiger partial charge in [-0.05, 0) is 42.7 Å². The van der Waals surface area contributed by atoms with Crippen LogP contribution in [0.4, 0.5) is 11.5 Å². The summed E-state index contributed by atoms with van der Waals surface area (Å²) in [6.45, 7) is 0. The second kappa shape index (κ2) is 7.81. The number of nitrogens with one attached hydrogen (secondary N) is 2. The Morgan fingerprint density at radius 2 is 1.92 bits per heavy atom. The van der Waals surface area contributed by atoms with Crippen LogP contribution in [0.25, 0.3) is 0 Å². The monoisotopic (exact) mass is 325 g/mol. The number of carbonyl (C=O) groups excluding carboxylic acids is 1. The molecule has 1 aromatic carbocycles. The van der Waals surface area contributed by atoms with Crippen molar-refractivity contribution >= 4 is 17.4 Å². The van der Waals surface area contributed by atoms with Gasteiger partial charge in [0, 0.05) is 6.04 Å². The summed E-state index contributed by atoms with van der Waals surface area (Å²) < 4.78 is 5.11. The number of methoxy groups -OCH3 is 1. The Morgan fingerprint density at radius 3 is 2.54 bits per heavy atom. The van der Waals surface area contributed by atoms with Gasteiger partial charge >= 0.3 is 0 Å². The zero-order chi connectivity index (χ0) is 16.8. The fourth-order valence-electron chi connectivity index (χ4n) is 2.97. The maximum absolute atomic E-state index is 12.1. The van der Waals surface area contributed by atoms with E-state index >= 15 is 0 Å². The second-order valence-electron chi connectivity index (χ2n) is 6.13. The molecule has 2 aromatic rings. The molecule has 1 aliphatic carbocycles. The van der Waals surface area contributed by atoms with E-state index in [-0.39, 0.29) is 5.91 Å². The van der Waals surface area contributed by atoms with Gasteiger partial charge in [0.15, 0.2) is 0 Å². The molecule has 0 unspecified atom stereocenters. The average Bonchev–Trinajstić information content (AvgIpc) is 3.10. The maximum atomic E-state index is 12.1. The topological polar surface area (TPSA) is 63.2 Å². The lowest BCUT2D eigenvalue weighted by Crippen LogP contribution is -2.16. The van der Waals surface area contributed by atoms with Crippen LogP contribution in [0.5, 0.6) is 5.75 Å². The predicted octanol–water partition coefficient (Wildman–Crippen LogP) is 3.63. The van der Waals surface area contributed by atoms with Gasteiger partial charge in [-0.3, -0.25) is 4.79 Å². The minimum absolute atomic E-state index is 0.0795. The highest BCUT2D eigenvalue weighted by atomic mass is 16.5. The van der Waals surface area contributed by atoms with E-state index in [0.717, 1.165) is 17.0 Å². The van der Waals surface area contributed by atoms with Crippen molar-refractivity contribution in [2.24, 2.45) is 0 Å². The number of ether oxygens (including phenoxy) is 1. The van der Waals surface area contributed by atoms with Gasteiger partial charge in [-0.15, -0.1) is 0 Å². The van der Waals surface area contributed by atoms with Crippen LogP contribution < -0.4 is 15.4 Å². The number of hydrogen-bond donors (Lipinski definition) is 2. The molecule has 126 valence electrons. The average molecular weight is 325 g/mol. The van der Waals surface area contributed by atoms with E-state index in [4.69, 9.17) is 4.74 Å². The lowest BCUT2D eigenvalue weighted by molar-refractivity contribution is -0.115. The lowest BCUT2D eigenvalue weighted by Gasteiger charge is -2.13. The summed E-state index contributed by atoms with van der Waals surface area (Å²) >= 11 is 0. The van der Waals surface area contributed by atoms with E-state index in [1.54, 1.807) is 13.3 Å². The summed E-state index contributed by atoms with van der Waals surface area (Å²) in [5, 5.41) is 6.32. The molecule has 0 spiro atoms. The summed E-state index contributed by atoms with van der Waals surface area (Å²) in [5.74, 6) is 1.28. The summed E-state index contributed by atoms with van der Waals surface area (Å²) in [5.41, 5.74) is 1.95. The smallest absolute Gasteiger partial charge is 0.229 e. The Morgan fingerprint density at radius 1 is 1.17 bits per heavy atom. The molecule has 0 aliphatic heterocycles. The van der Waals surface area contributed by atoms with Gasteiger partial charge in [0.25, 0.3) is 0 Å². The summed E-state index contributed by atoms with van der Waals surface area (Å²) in [6.07, 6.45) is 7.13. The maximum Gasteiger partial charge on any atom is 0.229 e. The van der Waals surface area contributed by atoms with Crippen molar-refractivity contribution in [2.45, 2.75) is 38.1 Å². The van der Waals surface area contributed by atoms with Gasteiger partial charge in [-0.25, -0.2) is 4.98 Å². The molecule has 2 N–H and O–H groups in total. The predicted molar refractivity (Wildman–Crippen MR) is 95.4 cm³/mol. The van der Waals surface area contributed by atoms with Gasteiger partial charge in [-0.1, -0.05) is 25.0 Å². The molecule has 1 aromatic heterocycles. The fourth-order valence-corrected chi connectivity index (χ4v) is 2.97. The number of benzene rings is 1. The highest BCUT2D eigenvalue weighted by molar-refractivity contribution is 5.91. The number of rotatable bonds is 6. The van der Waals surface area contributed by atoms with Crippen molar-refractivity contribution in [3.63, 3.8) is 0 Å². The molecule has 1 fully saturated rings. The first-order valence-electron chi connectivity index (χ1n) is 8.38. The Labute approximate surface area is 142 Å². The third kappa shape index (κ3) is 4.47. The minimum atomic E-state index is -0.0795. The largest absolute Gasteiger partial charge is 0.497 e. The standard InChI is InChI=1S/C19H23N3O2/c1-24-17-9-6-14(7-10-17)12-19(23)22-18-11-8-16(13-20-18)21-15-4-2-3-5-15/h6-11,13,15,21H,2-5,12H2,1H3,(H,20,22,23). The Balaban J connectivity index is 1.51. The zero-order valence-electron chi connectivity index (χ0n) is 13.9. The van der Waals surface area contributed by atoms with Gasteiger partial charge in [0.05, 0.1) is 25.4 Å². The van der Waals surface area contributed by atoms with Crippen LogP contribution in [-0.2, 0) is 11.2 Å². The molecular formula is C19H23N3O2. The highest BCUT2D eigenvalue weighted by Crippen LogP contribution is 2.22. The van der Waals surface area contributed by atoms with Crippen LogP contribution >= 0.6 is 0 Å². The third-order valence-electron chi connectivity index (χ3n) is 4.28. The van der Waals surface area contributed by atoms with Crippen LogP contribution in [0.1, 0.15) is 31.2 Å². The molecule has 24 heavy (non-hydrogen) atoms. The summed E-state index contributed by atoms with van der Waals surface area (Å²) in [6, 6.07) is 11.8. The number of amides is 1. The Kier molecular flexibility index (Phi) is 5.31. The SMILES string of the molecule is COc1ccc(CC(=O)Nc2ccc(NC3CCCC3)cn2)cc1. The van der Waals surface area contributed by atoms with Gasteiger partial charge in [-0.2, -0.15) is 0 Å². The quantitative estimate of drug-likeness (QED) is 0.851. The molecule has 0 atom stereocenters. The van der Waals surface area contributed by atoms with E-state index in [2.05, 4.69) is 15.6 Å². The molecule has 3 rings (SSSR count). The van der Waals surface area contributed by atoms with E-state index in [1.165, 1.54) is 25.7 Å². The lowest BCUT2D eigenvalue weighted by atomic mass is 10.1. The number of aromatic nitrogens is 1. The first-order valence-corrected chi connectivity index (χ1v) is 8.38. The Hall–Kier alpha value is -2.56. The van der Waals surface area contributed by atoms with Crippen LogP contribution in [0, 0.1) is 0 Å². The number of nitrogens with zero attached hydrogens (tertiary/aromatic N) is 1.